The Labute approximate surface area is 180 Å². The molecule has 3 aromatic carbocycles. The number of nitrogens with zero attached hydrogens (tertiary/aromatic N) is 2. The number of aryl methyl sites for hydroxylation is 2. The van der Waals surface area contributed by atoms with Crippen molar-refractivity contribution >= 4 is 33.4 Å². The van der Waals surface area contributed by atoms with Gasteiger partial charge in [-0.1, -0.05) is 48.5 Å². The van der Waals surface area contributed by atoms with Gasteiger partial charge in [-0.3, -0.25) is 14.7 Å². The molecular formula is C26H23N3O2. The number of benzene rings is 3. The number of Topliss-reactive ketones (excluding diaryl/α,β-unsaturated/α-hetero) is 1. The number of aromatic nitrogens is 2. The fourth-order valence-electron chi connectivity index (χ4n) is 5.33. The summed E-state index contributed by atoms with van der Waals surface area (Å²) in [5, 5.41) is 10.4. The maximum absolute atomic E-state index is 13.6. The van der Waals surface area contributed by atoms with Gasteiger partial charge in [-0.2, -0.15) is 5.10 Å². The third-order valence-electron chi connectivity index (χ3n) is 6.89. The van der Waals surface area contributed by atoms with E-state index in [4.69, 9.17) is 0 Å². The number of ketones is 1. The lowest BCUT2D eigenvalue weighted by Gasteiger charge is -2.32. The van der Waals surface area contributed by atoms with Crippen molar-refractivity contribution in [1.29, 1.82) is 0 Å². The Morgan fingerprint density at radius 3 is 2.65 bits per heavy atom. The van der Waals surface area contributed by atoms with Gasteiger partial charge in [0.05, 0.1) is 5.52 Å². The molecule has 6 rings (SSSR count). The van der Waals surface area contributed by atoms with Gasteiger partial charge in [0.1, 0.15) is 0 Å². The molecule has 1 fully saturated rings. The van der Waals surface area contributed by atoms with Gasteiger partial charge in [0.25, 0.3) is 5.91 Å². The molecule has 4 aromatic rings. The Hall–Kier alpha value is -3.47. The molecule has 2 heterocycles. The number of carbonyl (C=O) groups is 2. The van der Waals surface area contributed by atoms with Crippen molar-refractivity contribution in [2.24, 2.45) is 5.92 Å². The van der Waals surface area contributed by atoms with Gasteiger partial charge in [0.15, 0.2) is 11.5 Å². The highest BCUT2D eigenvalue weighted by molar-refractivity contribution is 6.11. The van der Waals surface area contributed by atoms with Crippen LogP contribution in [0.3, 0.4) is 0 Å². The predicted molar refractivity (Wildman–Crippen MR) is 120 cm³/mol. The maximum atomic E-state index is 13.6. The maximum Gasteiger partial charge on any atom is 0.275 e. The van der Waals surface area contributed by atoms with Gasteiger partial charge in [0.2, 0.25) is 0 Å². The Morgan fingerprint density at radius 1 is 0.935 bits per heavy atom. The third kappa shape index (κ3) is 2.87. The minimum atomic E-state index is -0.179. The Balaban J connectivity index is 1.30. The SMILES string of the molecule is O=C(c1ccc2c3c(cccc13)CC2)[C@H]1CCCN(C(=O)c2n[nH]c3ccccc23)C1. The largest absolute Gasteiger partial charge is 0.336 e. The van der Waals surface area contributed by atoms with Crippen LogP contribution in [0, 0.1) is 5.92 Å². The zero-order valence-corrected chi connectivity index (χ0v) is 17.2. The average molecular weight is 409 g/mol. The molecule has 1 atom stereocenters. The minimum absolute atomic E-state index is 0.102. The quantitative estimate of drug-likeness (QED) is 0.505. The van der Waals surface area contributed by atoms with Gasteiger partial charge in [-0.05, 0) is 53.6 Å². The first-order chi connectivity index (χ1) is 15.2. The second kappa shape index (κ2) is 7.05. The van der Waals surface area contributed by atoms with Gasteiger partial charge in [0, 0.05) is 30.0 Å². The molecule has 1 N–H and O–H groups in total. The number of piperidine rings is 1. The Bertz CT molecular complexity index is 1340. The molecule has 1 aliphatic heterocycles. The summed E-state index contributed by atoms with van der Waals surface area (Å²) < 4.78 is 0. The molecule has 1 aromatic heterocycles. The average Bonchev–Trinajstić information content (AvgIpc) is 3.44. The van der Waals surface area contributed by atoms with Crippen LogP contribution in [0.4, 0.5) is 0 Å². The molecule has 0 saturated carbocycles. The Kier molecular flexibility index (Phi) is 4.16. The van der Waals surface area contributed by atoms with E-state index < -0.39 is 0 Å². The second-order valence-corrected chi connectivity index (χ2v) is 8.68. The van der Waals surface area contributed by atoms with Crippen LogP contribution in [-0.4, -0.2) is 39.9 Å². The minimum Gasteiger partial charge on any atom is -0.336 e. The highest BCUT2D eigenvalue weighted by atomic mass is 16.2. The van der Waals surface area contributed by atoms with E-state index in [1.807, 2.05) is 30.3 Å². The summed E-state index contributed by atoms with van der Waals surface area (Å²) in [5.41, 5.74) is 4.77. The molecular weight excluding hydrogens is 386 g/mol. The smallest absolute Gasteiger partial charge is 0.275 e. The van der Waals surface area contributed by atoms with Crippen LogP contribution >= 0.6 is 0 Å². The first-order valence-corrected chi connectivity index (χ1v) is 11.0. The number of aromatic amines is 1. The summed E-state index contributed by atoms with van der Waals surface area (Å²) in [4.78, 5) is 28.6. The van der Waals surface area contributed by atoms with E-state index in [-0.39, 0.29) is 17.6 Å². The van der Waals surface area contributed by atoms with Crippen molar-refractivity contribution in [1.82, 2.24) is 15.1 Å². The van der Waals surface area contributed by atoms with E-state index in [2.05, 4.69) is 34.5 Å². The summed E-state index contributed by atoms with van der Waals surface area (Å²) in [6, 6.07) is 18.1. The number of hydrogen-bond acceptors (Lipinski definition) is 3. The van der Waals surface area contributed by atoms with E-state index in [0.717, 1.165) is 47.5 Å². The highest BCUT2D eigenvalue weighted by Crippen LogP contribution is 2.34. The van der Waals surface area contributed by atoms with Gasteiger partial charge < -0.3 is 4.90 Å². The van der Waals surface area contributed by atoms with Crippen molar-refractivity contribution in [2.75, 3.05) is 13.1 Å². The van der Waals surface area contributed by atoms with E-state index in [1.54, 1.807) is 4.90 Å². The van der Waals surface area contributed by atoms with Crippen LogP contribution in [0.1, 0.15) is 44.8 Å². The number of hydrogen-bond donors (Lipinski definition) is 1. The molecule has 154 valence electrons. The zero-order chi connectivity index (χ0) is 20.9. The first-order valence-electron chi connectivity index (χ1n) is 11.0. The van der Waals surface area contributed by atoms with Crippen LogP contribution in [0.5, 0.6) is 0 Å². The van der Waals surface area contributed by atoms with E-state index in [9.17, 15) is 9.59 Å². The van der Waals surface area contributed by atoms with Crippen LogP contribution in [-0.2, 0) is 12.8 Å². The highest BCUT2D eigenvalue weighted by Gasteiger charge is 2.32. The number of para-hydroxylation sites is 1. The van der Waals surface area contributed by atoms with E-state index in [1.165, 1.54) is 16.5 Å². The topological polar surface area (TPSA) is 66.1 Å². The fourth-order valence-corrected chi connectivity index (χ4v) is 5.33. The summed E-state index contributed by atoms with van der Waals surface area (Å²) in [6.07, 6.45) is 3.74. The summed E-state index contributed by atoms with van der Waals surface area (Å²) in [5.74, 6) is -0.128. The van der Waals surface area contributed by atoms with Crippen LogP contribution in [0.2, 0.25) is 0 Å². The van der Waals surface area contributed by atoms with E-state index >= 15 is 0 Å². The third-order valence-corrected chi connectivity index (χ3v) is 6.89. The van der Waals surface area contributed by atoms with E-state index in [0.29, 0.717) is 18.8 Å². The molecule has 5 nitrogen and oxygen atoms in total. The van der Waals surface area contributed by atoms with Crippen molar-refractivity contribution in [3.63, 3.8) is 0 Å². The number of nitrogens with one attached hydrogen (secondary N) is 1. The molecule has 0 bridgehead atoms. The zero-order valence-electron chi connectivity index (χ0n) is 17.2. The summed E-state index contributed by atoms with van der Waals surface area (Å²) in [7, 11) is 0. The van der Waals surface area contributed by atoms with Gasteiger partial charge >= 0.3 is 0 Å². The molecule has 1 aliphatic carbocycles. The van der Waals surface area contributed by atoms with Crippen molar-refractivity contribution in [2.45, 2.75) is 25.7 Å². The lowest BCUT2D eigenvalue weighted by atomic mass is 9.87. The monoisotopic (exact) mass is 409 g/mol. The lowest BCUT2D eigenvalue weighted by molar-refractivity contribution is 0.0634. The number of likely N-dealkylation sites (tertiary alicyclic amines) is 1. The number of rotatable bonds is 3. The normalized spacial score (nSPS) is 18.1. The number of amides is 1. The fraction of sp³-hybridized carbons (Fsp3) is 0.269. The molecule has 1 saturated heterocycles. The Morgan fingerprint density at radius 2 is 1.74 bits per heavy atom. The van der Waals surface area contributed by atoms with Crippen LogP contribution in [0.15, 0.2) is 54.6 Å². The second-order valence-electron chi connectivity index (χ2n) is 8.68. The van der Waals surface area contributed by atoms with Crippen molar-refractivity contribution in [3.8, 4) is 0 Å². The number of fused-ring (bicyclic) bond motifs is 1. The predicted octanol–water partition coefficient (Wildman–Crippen LogP) is 4.55. The van der Waals surface area contributed by atoms with Crippen LogP contribution < -0.4 is 0 Å². The number of carbonyl (C=O) groups excluding carboxylic acids is 2. The van der Waals surface area contributed by atoms with Gasteiger partial charge in [-0.25, -0.2) is 0 Å². The number of H-pyrrole nitrogens is 1. The van der Waals surface area contributed by atoms with Crippen molar-refractivity contribution < 1.29 is 9.59 Å². The molecule has 1 amide bonds. The molecule has 5 heteroatoms. The summed E-state index contributed by atoms with van der Waals surface area (Å²) in [6.45, 7) is 1.11. The first kappa shape index (κ1) is 18.3. The molecule has 0 unspecified atom stereocenters. The molecule has 0 radical (unpaired) electrons. The van der Waals surface area contributed by atoms with Crippen LogP contribution in [0.25, 0.3) is 21.7 Å². The van der Waals surface area contributed by atoms with Crippen molar-refractivity contribution in [3.05, 3.63) is 77.0 Å². The molecule has 2 aliphatic rings. The molecule has 0 spiro atoms. The standard InChI is InChI=1S/C26H23N3O2/c30-25(20-13-12-17-11-10-16-5-3-8-19(20)23(16)17)18-6-4-14-29(15-18)26(31)24-21-7-1-2-9-22(21)27-28-24/h1-3,5,7-9,12-13,18H,4,6,10-11,14-15H2,(H,27,28)/t18-/m0/s1. The lowest BCUT2D eigenvalue weighted by Crippen LogP contribution is -2.42. The van der Waals surface area contributed by atoms with Gasteiger partial charge in [-0.15, -0.1) is 0 Å². The molecule has 31 heavy (non-hydrogen) atoms. The summed E-state index contributed by atoms with van der Waals surface area (Å²) >= 11 is 0.